The first kappa shape index (κ1) is 7.99. The molecule has 0 saturated heterocycles. The zero-order chi connectivity index (χ0) is 7.78. The largest absolute Gasteiger partial charge is 0.241 e. The molecule has 0 saturated carbocycles. The normalized spacial score (nSPS) is 39.6. The third kappa shape index (κ3) is 1.17. The first-order valence-electron chi connectivity index (χ1n) is 3.23. The Morgan fingerprint density at radius 2 is 2.30 bits per heavy atom. The molecule has 0 aliphatic heterocycles. The van der Waals surface area contributed by atoms with Crippen molar-refractivity contribution in [3.8, 4) is 0 Å². The minimum absolute atomic E-state index is 0.484. The smallest absolute Gasteiger partial charge is 0.137 e. The molecule has 56 valence electrons. The molecule has 0 nitrogen and oxygen atoms in total. The third-order valence-electron chi connectivity index (χ3n) is 1.92. The Morgan fingerprint density at radius 1 is 1.70 bits per heavy atom. The lowest BCUT2D eigenvalue weighted by atomic mass is 9.93. The summed E-state index contributed by atoms with van der Waals surface area (Å²) in [6, 6.07) is 0. The van der Waals surface area contributed by atoms with E-state index in [1.54, 1.807) is 12.2 Å². The van der Waals surface area contributed by atoms with Gasteiger partial charge in [-0.15, -0.1) is 0 Å². The number of hydrogen-bond acceptors (Lipinski definition) is 0. The van der Waals surface area contributed by atoms with Gasteiger partial charge >= 0.3 is 0 Å². The molecular weight excluding hydrogens is 195 g/mol. The van der Waals surface area contributed by atoms with E-state index in [4.69, 9.17) is 0 Å². The molecule has 0 radical (unpaired) electrons. The fourth-order valence-electron chi connectivity index (χ4n) is 0.859. The van der Waals surface area contributed by atoms with Crippen LogP contribution in [0.25, 0.3) is 0 Å². The van der Waals surface area contributed by atoms with Crippen molar-refractivity contribution in [1.29, 1.82) is 0 Å². The van der Waals surface area contributed by atoms with Crippen LogP contribution >= 0.6 is 15.9 Å². The van der Waals surface area contributed by atoms with E-state index in [0.29, 0.717) is 0 Å². The number of alkyl halides is 2. The molecule has 10 heavy (non-hydrogen) atoms. The van der Waals surface area contributed by atoms with Crippen LogP contribution in [0.1, 0.15) is 13.8 Å². The summed E-state index contributed by atoms with van der Waals surface area (Å²) in [4.78, 5) is 0. The molecule has 0 amide bonds. The van der Waals surface area contributed by atoms with Gasteiger partial charge in [-0.1, -0.05) is 33.7 Å². The van der Waals surface area contributed by atoms with E-state index >= 15 is 0 Å². The van der Waals surface area contributed by atoms with Crippen LogP contribution in [-0.4, -0.2) is 10.5 Å². The molecule has 1 rings (SSSR count). The molecule has 0 heterocycles. The monoisotopic (exact) mass is 204 g/mol. The lowest BCUT2D eigenvalue weighted by molar-refractivity contribution is 0.352. The van der Waals surface area contributed by atoms with Gasteiger partial charge in [0.15, 0.2) is 0 Å². The fraction of sp³-hybridized carbons (Fsp3) is 0.500. The second-order valence-electron chi connectivity index (χ2n) is 2.71. The van der Waals surface area contributed by atoms with Crippen LogP contribution in [0.3, 0.4) is 0 Å². The lowest BCUT2D eigenvalue weighted by Gasteiger charge is -2.27. The van der Waals surface area contributed by atoms with Gasteiger partial charge in [0.25, 0.3) is 0 Å². The first-order valence-corrected chi connectivity index (χ1v) is 4.03. The predicted molar refractivity (Wildman–Crippen MR) is 45.1 cm³/mol. The topological polar surface area (TPSA) is 0 Å². The molecule has 0 aromatic heterocycles. The van der Waals surface area contributed by atoms with Gasteiger partial charge < -0.3 is 0 Å². The molecule has 2 unspecified atom stereocenters. The summed E-state index contributed by atoms with van der Waals surface area (Å²) >= 11 is 3.33. The van der Waals surface area contributed by atoms with E-state index in [-0.39, 0.29) is 0 Å². The predicted octanol–water partition coefficient (Wildman–Crippen LogP) is 2.99. The van der Waals surface area contributed by atoms with E-state index < -0.39 is 10.5 Å². The standard InChI is InChI=1S/C8H10BrF/c1-6-4-3-5-7(10)8(6,2)9/h3-5,7H,1-2H3. The van der Waals surface area contributed by atoms with Gasteiger partial charge in [0.05, 0.1) is 4.32 Å². The Bertz CT molecular complexity index is 191. The van der Waals surface area contributed by atoms with Gasteiger partial charge in [-0.05, 0) is 19.9 Å². The highest BCUT2D eigenvalue weighted by atomic mass is 79.9. The Labute approximate surface area is 68.9 Å². The first-order chi connectivity index (χ1) is 4.55. The molecule has 2 atom stereocenters. The average Bonchev–Trinajstić information content (AvgIpc) is 1.84. The Hall–Kier alpha value is -0.110. The summed E-state index contributed by atoms with van der Waals surface area (Å²) in [6.07, 6.45) is 4.33. The highest BCUT2D eigenvalue weighted by molar-refractivity contribution is 9.10. The van der Waals surface area contributed by atoms with Gasteiger partial charge in [0, 0.05) is 0 Å². The lowest BCUT2D eigenvalue weighted by Crippen LogP contribution is -2.30. The quantitative estimate of drug-likeness (QED) is 0.533. The molecule has 0 bridgehead atoms. The van der Waals surface area contributed by atoms with Crippen molar-refractivity contribution in [2.24, 2.45) is 0 Å². The van der Waals surface area contributed by atoms with Crippen LogP contribution in [0.4, 0.5) is 4.39 Å². The van der Waals surface area contributed by atoms with Crippen molar-refractivity contribution in [1.82, 2.24) is 0 Å². The van der Waals surface area contributed by atoms with Crippen LogP contribution in [-0.2, 0) is 0 Å². The van der Waals surface area contributed by atoms with Crippen LogP contribution in [0, 0.1) is 0 Å². The van der Waals surface area contributed by atoms with Crippen molar-refractivity contribution >= 4 is 15.9 Å². The van der Waals surface area contributed by atoms with Crippen molar-refractivity contribution in [3.63, 3.8) is 0 Å². The van der Waals surface area contributed by atoms with Crippen molar-refractivity contribution in [2.75, 3.05) is 0 Å². The van der Waals surface area contributed by atoms with Crippen molar-refractivity contribution in [2.45, 2.75) is 24.3 Å². The van der Waals surface area contributed by atoms with E-state index in [2.05, 4.69) is 15.9 Å². The van der Waals surface area contributed by atoms with Gasteiger partial charge in [0.2, 0.25) is 0 Å². The summed E-state index contributed by atoms with van der Waals surface area (Å²) < 4.78 is 12.6. The highest BCUT2D eigenvalue weighted by Gasteiger charge is 2.32. The van der Waals surface area contributed by atoms with Gasteiger partial charge in [-0.2, -0.15) is 0 Å². The molecule has 2 heteroatoms. The van der Waals surface area contributed by atoms with Gasteiger partial charge in [-0.3, -0.25) is 0 Å². The van der Waals surface area contributed by atoms with E-state index in [1.807, 2.05) is 19.9 Å². The minimum atomic E-state index is -0.905. The molecule has 0 aromatic carbocycles. The van der Waals surface area contributed by atoms with Crippen LogP contribution in [0.2, 0.25) is 0 Å². The van der Waals surface area contributed by atoms with Crippen LogP contribution < -0.4 is 0 Å². The molecule has 1 aliphatic carbocycles. The third-order valence-corrected chi connectivity index (χ3v) is 2.98. The second-order valence-corrected chi connectivity index (χ2v) is 4.36. The zero-order valence-corrected chi connectivity index (χ0v) is 7.65. The molecule has 0 spiro atoms. The van der Waals surface area contributed by atoms with E-state index in [1.165, 1.54) is 0 Å². The summed E-state index contributed by atoms with van der Waals surface area (Å²) in [7, 11) is 0. The molecular formula is C8H10BrF. The number of rotatable bonds is 0. The second kappa shape index (κ2) is 2.50. The molecule has 0 aromatic rings. The van der Waals surface area contributed by atoms with Gasteiger partial charge in [-0.25, -0.2) is 4.39 Å². The summed E-state index contributed by atoms with van der Waals surface area (Å²) in [6.45, 7) is 3.76. The van der Waals surface area contributed by atoms with E-state index in [9.17, 15) is 4.39 Å². The number of hydrogen-bond donors (Lipinski definition) is 0. The van der Waals surface area contributed by atoms with E-state index in [0.717, 1.165) is 5.57 Å². The zero-order valence-electron chi connectivity index (χ0n) is 6.07. The number of halogens is 2. The summed E-state index contributed by atoms with van der Waals surface area (Å²) in [5.74, 6) is 0. The highest BCUT2D eigenvalue weighted by Crippen LogP contribution is 2.35. The molecule has 0 N–H and O–H groups in total. The molecule has 0 fully saturated rings. The summed E-state index contributed by atoms with van der Waals surface area (Å²) in [5, 5.41) is 0. The fourth-order valence-corrected chi connectivity index (χ4v) is 1.14. The Kier molecular flexibility index (Phi) is 1.99. The van der Waals surface area contributed by atoms with Crippen molar-refractivity contribution in [3.05, 3.63) is 23.8 Å². The number of allylic oxidation sites excluding steroid dienone is 4. The Balaban J connectivity index is 2.93. The SMILES string of the molecule is CC1=CC=CC(F)C1(C)Br. The maximum atomic E-state index is 13.0. The van der Waals surface area contributed by atoms with Crippen LogP contribution in [0.15, 0.2) is 23.8 Å². The maximum absolute atomic E-state index is 13.0. The maximum Gasteiger partial charge on any atom is 0.137 e. The van der Waals surface area contributed by atoms with Gasteiger partial charge in [0.1, 0.15) is 6.17 Å². The minimum Gasteiger partial charge on any atom is -0.241 e. The van der Waals surface area contributed by atoms with Crippen molar-refractivity contribution < 1.29 is 4.39 Å². The average molecular weight is 205 g/mol. The Morgan fingerprint density at radius 3 is 2.70 bits per heavy atom. The molecule has 1 aliphatic rings. The van der Waals surface area contributed by atoms with Crippen LogP contribution in [0.5, 0.6) is 0 Å². The summed E-state index contributed by atoms with van der Waals surface area (Å²) in [5.41, 5.74) is 1.03.